The van der Waals surface area contributed by atoms with Crippen molar-refractivity contribution in [1.29, 1.82) is 0 Å². The highest BCUT2D eigenvalue weighted by molar-refractivity contribution is 5.93. The lowest BCUT2D eigenvalue weighted by Crippen LogP contribution is -2.47. The number of hydrogen-bond donors (Lipinski definition) is 0. The molecule has 3 fully saturated rings. The van der Waals surface area contributed by atoms with Crippen LogP contribution in [0.4, 0.5) is 0 Å². The first kappa shape index (κ1) is 17.4. The summed E-state index contributed by atoms with van der Waals surface area (Å²) in [5.41, 5.74) is 3.90. The molecule has 3 aliphatic rings. The number of aryl methyl sites for hydroxylation is 1. The van der Waals surface area contributed by atoms with E-state index in [9.17, 15) is 4.79 Å². The highest BCUT2D eigenvalue weighted by Crippen LogP contribution is 2.30. The zero-order valence-electron chi connectivity index (χ0n) is 16.3. The number of carbonyl (C=O) groups is 1. The summed E-state index contributed by atoms with van der Waals surface area (Å²) in [6.45, 7) is 5.88. The standard InChI is InChI=1S/C23H26N4O/c1-17-7-10-22-24-21(16-26(22)11-17)23(28)27-14-19-8-9-20(27)15-25(13-19)12-18-5-3-2-4-6-18/h2-7,10-11,16,19-20H,8-9,12-15H2,1H3/t19-,20+/m0/s1. The Morgan fingerprint density at radius 1 is 1.04 bits per heavy atom. The molecule has 1 amide bonds. The fourth-order valence-electron chi connectivity index (χ4n) is 4.75. The number of imidazole rings is 1. The van der Waals surface area contributed by atoms with E-state index in [1.807, 2.05) is 28.9 Å². The summed E-state index contributed by atoms with van der Waals surface area (Å²) in [7, 11) is 0. The molecule has 5 heteroatoms. The van der Waals surface area contributed by atoms with Gasteiger partial charge in [0.25, 0.3) is 5.91 Å². The Morgan fingerprint density at radius 2 is 1.89 bits per heavy atom. The monoisotopic (exact) mass is 374 g/mol. The van der Waals surface area contributed by atoms with Gasteiger partial charge >= 0.3 is 0 Å². The van der Waals surface area contributed by atoms with Crippen molar-refractivity contribution < 1.29 is 4.79 Å². The van der Waals surface area contributed by atoms with Crippen LogP contribution in [-0.2, 0) is 6.54 Å². The van der Waals surface area contributed by atoms with Crippen molar-refractivity contribution in [1.82, 2.24) is 19.2 Å². The molecule has 144 valence electrons. The van der Waals surface area contributed by atoms with E-state index in [0.29, 0.717) is 11.6 Å². The number of pyridine rings is 1. The van der Waals surface area contributed by atoms with Crippen LogP contribution in [0.3, 0.4) is 0 Å². The normalized spacial score (nSPS) is 22.5. The maximum Gasteiger partial charge on any atom is 0.274 e. The number of hydrogen-bond acceptors (Lipinski definition) is 3. The van der Waals surface area contributed by atoms with Gasteiger partial charge in [0.2, 0.25) is 0 Å². The number of fused-ring (bicyclic) bond motifs is 5. The molecule has 2 bridgehead atoms. The minimum atomic E-state index is 0.0811. The van der Waals surface area contributed by atoms with Gasteiger partial charge in [0.05, 0.1) is 0 Å². The van der Waals surface area contributed by atoms with Crippen LogP contribution in [-0.4, -0.2) is 50.8 Å². The first-order valence-corrected chi connectivity index (χ1v) is 10.2. The molecule has 2 atom stereocenters. The van der Waals surface area contributed by atoms with Gasteiger partial charge in [0, 0.05) is 44.6 Å². The predicted octanol–water partition coefficient (Wildman–Crippen LogP) is 3.38. The Morgan fingerprint density at radius 3 is 2.75 bits per heavy atom. The summed E-state index contributed by atoms with van der Waals surface area (Å²) in [6, 6.07) is 14.9. The molecule has 0 saturated carbocycles. The molecule has 2 aromatic heterocycles. The SMILES string of the molecule is Cc1ccc2nc(C(=O)N3C[C@H]4CC[C@@H]3CN(Cc3ccccc3)C4)cn2c1. The fourth-order valence-corrected chi connectivity index (χ4v) is 4.75. The molecule has 5 heterocycles. The highest BCUT2D eigenvalue weighted by atomic mass is 16.2. The quantitative estimate of drug-likeness (QED) is 0.706. The van der Waals surface area contributed by atoms with Crippen molar-refractivity contribution in [2.75, 3.05) is 19.6 Å². The smallest absolute Gasteiger partial charge is 0.274 e. The number of nitrogens with zero attached hydrogens (tertiary/aromatic N) is 4. The maximum absolute atomic E-state index is 13.3. The van der Waals surface area contributed by atoms with Crippen LogP contribution >= 0.6 is 0 Å². The number of amides is 1. The molecule has 0 unspecified atom stereocenters. The predicted molar refractivity (Wildman–Crippen MR) is 109 cm³/mol. The second kappa shape index (κ2) is 7.06. The van der Waals surface area contributed by atoms with Crippen LogP contribution < -0.4 is 0 Å². The van der Waals surface area contributed by atoms with Crippen molar-refractivity contribution in [2.45, 2.75) is 32.4 Å². The number of rotatable bonds is 3. The van der Waals surface area contributed by atoms with Crippen LogP contribution in [0.2, 0.25) is 0 Å². The number of benzene rings is 1. The van der Waals surface area contributed by atoms with Gasteiger partial charge < -0.3 is 9.30 Å². The van der Waals surface area contributed by atoms with Gasteiger partial charge in [-0.3, -0.25) is 9.69 Å². The first-order chi connectivity index (χ1) is 13.7. The van der Waals surface area contributed by atoms with Crippen LogP contribution in [0.1, 0.15) is 34.5 Å². The van der Waals surface area contributed by atoms with E-state index in [4.69, 9.17) is 0 Å². The third kappa shape index (κ3) is 3.31. The van der Waals surface area contributed by atoms with Crippen molar-refractivity contribution in [3.05, 3.63) is 71.7 Å². The third-order valence-electron chi connectivity index (χ3n) is 6.12. The molecule has 28 heavy (non-hydrogen) atoms. The average Bonchev–Trinajstić information content (AvgIpc) is 2.92. The van der Waals surface area contributed by atoms with Crippen molar-refractivity contribution in [3.8, 4) is 0 Å². The fraction of sp³-hybridized carbons (Fsp3) is 0.391. The zero-order valence-corrected chi connectivity index (χ0v) is 16.3. The second-order valence-electron chi connectivity index (χ2n) is 8.33. The molecule has 1 aromatic carbocycles. The molecule has 0 N–H and O–H groups in total. The lowest BCUT2D eigenvalue weighted by molar-refractivity contribution is 0.0579. The first-order valence-electron chi connectivity index (χ1n) is 10.2. The van der Waals surface area contributed by atoms with Gasteiger partial charge in [-0.2, -0.15) is 0 Å². The molecule has 0 aliphatic carbocycles. The molecule has 5 nitrogen and oxygen atoms in total. The van der Waals surface area contributed by atoms with Gasteiger partial charge in [-0.25, -0.2) is 4.98 Å². The molecule has 3 aromatic rings. The second-order valence-corrected chi connectivity index (χ2v) is 8.33. The summed E-state index contributed by atoms with van der Waals surface area (Å²) in [5.74, 6) is 0.628. The summed E-state index contributed by atoms with van der Waals surface area (Å²) in [6.07, 6.45) is 6.21. The van der Waals surface area contributed by atoms with Gasteiger partial charge in [-0.15, -0.1) is 0 Å². The van der Waals surface area contributed by atoms with E-state index in [1.54, 1.807) is 0 Å². The molecule has 3 aliphatic heterocycles. The minimum Gasteiger partial charge on any atom is -0.333 e. The van der Waals surface area contributed by atoms with E-state index < -0.39 is 0 Å². The minimum absolute atomic E-state index is 0.0811. The van der Waals surface area contributed by atoms with Crippen LogP contribution in [0, 0.1) is 12.8 Å². The van der Waals surface area contributed by atoms with Crippen LogP contribution in [0.25, 0.3) is 5.65 Å². The summed E-state index contributed by atoms with van der Waals surface area (Å²) in [5, 5.41) is 0. The highest BCUT2D eigenvalue weighted by Gasteiger charge is 2.38. The Labute approximate surface area is 165 Å². The number of carbonyl (C=O) groups excluding carboxylic acids is 1. The van der Waals surface area contributed by atoms with Crippen LogP contribution in [0.5, 0.6) is 0 Å². The largest absolute Gasteiger partial charge is 0.333 e. The molecule has 0 radical (unpaired) electrons. The summed E-state index contributed by atoms with van der Waals surface area (Å²) < 4.78 is 1.96. The van der Waals surface area contributed by atoms with Gasteiger partial charge in [0.15, 0.2) is 0 Å². The molecule has 3 saturated heterocycles. The zero-order chi connectivity index (χ0) is 19.1. The van der Waals surface area contributed by atoms with Crippen LogP contribution in [0.15, 0.2) is 54.9 Å². The van der Waals surface area contributed by atoms with E-state index in [-0.39, 0.29) is 11.9 Å². The molecule has 6 rings (SSSR count). The lowest BCUT2D eigenvalue weighted by atomic mass is 9.95. The number of aromatic nitrogens is 2. The van der Waals surface area contributed by atoms with Crippen molar-refractivity contribution in [3.63, 3.8) is 0 Å². The van der Waals surface area contributed by atoms with Gasteiger partial charge in [-0.05, 0) is 42.9 Å². The molecular weight excluding hydrogens is 348 g/mol. The van der Waals surface area contributed by atoms with Gasteiger partial charge in [0.1, 0.15) is 11.3 Å². The third-order valence-corrected chi connectivity index (χ3v) is 6.12. The molecular formula is C23H26N4O. The van der Waals surface area contributed by atoms with E-state index >= 15 is 0 Å². The topological polar surface area (TPSA) is 40.9 Å². The Balaban J connectivity index is 1.36. The van der Waals surface area contributed by atoms with Gasteiger partial charge in [-0.1, -0.05) is 36.4 Å². The van der Waals surface area contributed by atoms with Crippen molar-refractivity contribution in [2.24, 2.45) is 5.92 Å². The summed E-state index contributed by atoms with van der Waals surface area (Å²) >= 11 is 0. The molecule has 0 spiro atoms. The Hall–Kier alpha value is -2.66. The van der Waals surface area contributed by atoms with E-state index in [1.165, 1.54) is 12.0 Å². The summed E-state index contributed by atoms with van der Waals surface area (Å²) in [4.78, 5) is 22.5. The van der Waals surface area contributed by atoms with E-state index in [0.717, 1.165) is 43.8 Å². The van der Waals surface area contributed by atoms with Crippen molar-refractivity contribution >= 4 is 11.6 Å². The lowest BCUT2D eigenvalue weighted by Gasteiger charge is -2.35. The van der Waals surface area contributed by atoms with E-state index in [2.05, 4.69) is 52.0 Å². The Bertz CT molecular complexity index is 996. The average molecular weight is 374 g/mol. The maximum atomic E-state index is 13.3. The number of piperidine rings is 1. The Kier molecular flexibility index (Phi) is 4.40.